The van der Waals surface area contributed by atoms with Crippen LogP contribution in [0.15, 0.2) is 24.3 Å². The first kappa shape index (κ1) is 18.4. The van der Waals surface area contributed by atoms with Crippen molar-refractivity contribution in [3.8, 4) is 0 Å². The summed E-state index contributed by atoms with van der Waals surface area (Å²) < 4.78 is 38.0. The van der Waals surface area contributed by atoms with Crippen molar-refractivity contribution < 1.29 is 23.1 Å². The molecule has 1 aromatic carbocycles. The number of piperidine rings is 1. The molecule has 4 nitrogen and oxygen atoms in total. The van der Waals surface area contributed by atoms with E-state index >= 15 is 0 Å². The Morgan fingerprint density at radius 1 is 1.21 bits per heavy atom. The monoisotopic (exact) mass is 344 g/mol. The highest BCUT2D eigenvalue weighted by atomic mass is 19.4. The average molecular weight is 344 g/mol. The minimum Gasteiger partial charge on any atom is -0.465 e. The summed E-state index contributed by atoms with van der Waals surface area (Å²) in [6.07, 6.45) is -3.77. The van der Waals surface area contributed by atoms with Gasteiger partial charge in [-0.3, -0.25) is 4.90 Å². The summed E-state index contributed by atoms with van der Waals surface area (Å²) in [6.45, 7) is 6.73. The van der Waals surface area contributed by atoms with E-state index in [2.05, 4.69) is 0 Å². The lowest BCUT2D eigenvalue weighted by molar-refractivity contribution is -0.137. The molecule has 1 fully saturated rings. The molecule has 1 saturated heterocycles. The molecule has 0 unspecified atom stereocenters. The van der Waals surface area contributed by atoms with Gasteiger partial charge >= 0.3 is 12.3 Å². The van der Waals surface area contributed by atoms with E-state index in [-0.39, 0.29) is 6.04 Å². The average Bonchev–Trinajstić information content (AvgIpc) is 2.45. The van der Waals surface area contributed by atoms with E-state index in [9.17, 15) is 23.1 Å². The Bertz CT molecular complexity index is 579. The number of carbonyl (C=O) groups is 1. The maximum absolute atomic E-state index is 12.7. The summed E-state index contributed by atoms with van der Waals surface area (Å²) in [4.78, 5) is 15.0. The Morgan fingerprint density at radius 3 is 2.25 bits per heavy atom. The number of alkyl halides is 3. The quantitative estimate of drug-likeness (QED) is 0.862. The molecule has 1 N–H and O–H groups in total. The largest absolute Gasteiger partial charge is 0.465 e. The molecule has 1 aliphatic rings. The van der Waals surface area contributed by atoms with Gasteiger partial charge in [-0.25, -0.2) is 4.79 Å². The van der Waals surface area contributed by atoms with E-state index in [0.717, 1.165) is 25.0 Å². The van der Waals surface area contributed by atoms with Gasteiger partial charge in [0, 0.05) is 24.3 Å². The minimum absolute atomic E-state index is 0.182. The van der Waals surface area contributed by atoms with E-state index in [1.54, 1.807) is 0 Å². The molecule has 1 aromatic rings. The lowest BCUT2D eigenvalue weighted by Gasteiger charge is -2.44. The molecule has 0 aliphatic carbocycles. The molecule has 1 heterocycles. The number of anilines is 1. The lowest BCUT2D eigenvalue weighted by Crippen LogP contribution is -2.56. The van der Waals surface area contributed by atoms with E-state index < -0.39 is 23.4 Å². The Kier molecular flexibility index (Phi) is 5.01. The van der Waals surface area contributed by atoms with E-state index in [4.69, 9.17) is 0 Å². The first-order valence-electron chi connectivity index (χ1n) is 7.94. The number of benzene rings is 1. The SMILES string of the molecule is CC(C)(C)N(C(=O)O)[C@@H]1CCCN(c2ccc(C(F)(F)F)cc2)C1. The second-order valence-electron chi connectivity index (χ2n) is 7.11. The van der Waals surface area contributed by atoms with Gasteiger partial charge in [0.05, 0.1) is 11.6 Å². The second kappa shape index (κ2) is 6.53. The molecule has 0 saturated carbocycles. The molecule has 1 aliphatic heterocycles. The number of hydrogen-bond acceptors (Lipinski definition) is 2. The fourth-order valence-electron chi connectivity index (χ4n) is 3.25. The third kappa shape index (κ3) is 4.13. The van der Waals surface area contributed by atoms with Crippen molar-refractivity contribution in [3.05, 3.63) is 29.8 Å². The van der Waals surface area contributed by atoms with Crippen LogP contribution < -0.4 is 4.90 Å². The smallest absolute Gasteiger partial charge is 0.416 e. The molecule has 0 bridgehead atoms. The van der Waals surface area contributed by atoms with Crippen molar-refractivity contribution in [3.63, 3.8) is 0 Å². The number of carboxylic acid groups (broad SMARTS) is 1. The van der Waals surface area contributed by atoms with Crippen LogP contribution in [0.4, 0.5) is 23.7 Å². The van der Waals surface area contributed by atoms with E-state index in [0.29, 0.717) is 18.8 Å². The molecule has 0 radical (unpaired) electrons. The van der Waals surface area contributed by atoms with Crippen LogP contribution in [-0.2, 0) is 6.18 Å². The first-order valence-corrected chi connectivity index (χ1v) is 7.94. The first-order chi connectivity index (χ1) is 11.0. The molecular formula is C17H23F3N2O2. The highest BCUT2D eigenvalue weighted by Crippen LogP contribution is 2.32. The summed E-state index contributed by atoms with van der Waals surface area (Å²) in [5.41, 5.74) is -0.520. The van der Waals surface area contributed by atoms with Crippen molar-refractivity contribution >= 4 is 11.8 Å². The summed E-state index contributed by atoms with van der Waals surface area (Å²) in [5, 5.41) is 9.53. The Morgan fingerprint density at radius 2 is 1.79 bits per heavy atom. The van der Waals surface area contributed by atoms with Gasteiger partial charge in [0.1, 0.15) is 0 Å². The summed E-state index contributed by atoms with van der Waals surface area (Å²) in [7, 11) is 0. The van der Waals surface area contributed by atoms with Gasteiger partial charge in [0.15, 0.2) is 0 Å². The van der Waals surface area contributed by atoms with Crippen molar-refractivity contribution in [2.45, 2.75) is 51.4 Å². The zero-order chi connectivity index (χ0) is 18.1. The van der Waals surface area contributed by atoms with Crippen LogP contribution in [0.25, 0.3) is 0 Å². The number of nitrogens with zero attached hydrogens (tertiary/aromatic N) is 2. The molecule has 0 aromatic heterocycles. The zero-order valence-corrected chi connectivity index (χ0v) is 14.1. The Balaban J connectivity index is 2.17. The van der Waals surface area contributed by atoms with Crippen LogP contribution >= 0.6 is 0 Å². The van der Waals surface area contributed by atoms with Gasteiger partial charge in [-0.1, -0.05) is 0 Å². The van der Waals surface area contributed by atoms with Crippen molar-refractivity contribution in [1.82, 2.24) is 4.90 Å². The van der Waals surface area contributed by atoms with Crippen LogP contribution in [-0.4, -0.2) is 40.8 Å². The van der Waals surface area contributed by atoms with Gasteiger partial charge in [-0.15, -0.1) is 0 Å². The Hall–Kier alpha value is -1.92. The summed E-state index contributed by atoms with van der Waals surface area (Å²) in [6, 6.07) is 4.86. The molecule has 1 atom stereocenters. The second-order valence-corrected chi connectivity index (χ2v) is 7.11. The third-order valence-corrected chi connectivity index (χ3v) is 4.25. The predicted octanol–water partition coefficient (Wildman–Crippen LogP) is 4.45. The van der Waals surface area contributed by atoms with Crippen molar-refractivity contribution in [1.29, 1.82) is 0 Å². The van der Waals surface area contributed by atoms with Crippen LogP contribution in [0, 0.1) is 0 Å². The van der Waals surface area contributed by atoms with Gasteiger partial charge < -0.3 is 10.0 Å². The van der Waals surface area contributed by atoms with Gasteiger partial charge in [0.25, 0.3) is 0 Å². The van der Waals surface area contributed by atoms with Crippen molar-refractivity contribution in [2.24, 2.45) is 0 Å². The normalized spacial score (nSPS) is 19.2. The number of amides is 1. The predicted molar refractivity (Wildman–Crippen MR) is 86.3 cm³/mol. The van der Waals surface area contributed by atoms with Crippen LogP contribution in [0.2, 0.25) is 0 Å². The van der Waals surface area contributed by atoms with Crippen LogP contribution in [0.5, 0.6) is 0 Å². The van der Waals surface area contributed by atoms with E-state index in [1.165, 1.54) is 17.0 Å². The molecule has 0 spiro atoms. The fourth-order valence-corrected chi connectivity index (χ4v) is 3.25. The molecule has 134 valence electrons. The maximum Gasteiger partial charge on any atom is 0.416 e. The van der Waals surface area contributed by atoms with Crippen molar-refractivity contribution in [2.75, 3.05) is 18.0 Å². The number of halogens is 3. The van der Waals surface area contributed by atoms with Gasteiger partial charge in [-0.2, -0.15) is 13.2 Å². The highest BCUT2D eigenvalue weighted by Gasteiger charge is 2.36. The molecule has 2 rings (SSSR count). The summed E-state index contributed by atoms with van der Waals surface area (Å²) >= 11 is 0. The molecule has 1 amide bonds. The van der Waals surface area contributed by atoms with Gasteiger partial charge in [0.2, 0.25) is 0 Å². The molecule has 7 heteroatoms. The lowest BCUT2D eigenvalue weighted by atomic mass is 9.97. The number of hydrogen-bond donors (Lipinski definition) is 1. The topological polar surface area (TPSA) is 43.8 Å². The molecule has 24 heavy (non-hydrogen) atoms. The van der Waals surface area contributed by atoms with E-state index in [1.807, 2.05) is 25.7 Å². The fraction of sp³-hybridized carbons (Fsp3) is 0.588. The standard InChI is InChI=1S/C17H23F3N2O2/c1-16(2,3)22(15(23)24)14-5-4-10-21(11-14)13-8-6-12(7-9-13)17(18,19)20/h6-9,14H,4-5,10-11H2,1-3H3,(H,23,24)/t14-/m1/s1. The maximum atomic E-state index is 12.7. The zero-order valence-electron chi connectivity index (χ0n) is 14.1. The number of rotatable bonds is 2. The minimum atomic E-state index is -4.35. The highest BCUT2D eigenvalue weighted by molar-refractivity contribution is 5.66. The van der Waals surface area contributed by atoms with Crippen LogP contribution in [0.3, 0.4) is 0 Å². The summed E-state index contributed by atoms with van der Waals surface area (Å²) in [5.74, 6) is 0. The van der Waals surface area contributed by atoms with Gasteiger partial charge in [-0.05, 0) is 57.9 Å². The molecular weight excluding hydrogens is 321 g/mol. The third-order valence-electron chi connectivity index (χ3n) is 4.25. The van der Waals surface area contributed by atoms with Crippen LogP contribution in [0.1, 0.15) is 39.2 Å². The Labute approximate surface area is 139 Å².